The van der Waals surface area contributed by atoms with E-state index in [1.807, 2.05) is 24.5 Å². The van der Waals surface area contributed by atoms with Crippen molar-refractivity contribution in [2.45, 2.75) is 37.1 Å². The van der Waals surface area contributed by atoms with Gasteiger partial charge < -0.3 is 15.4 Å². The molecule has 2 aliphatic heterocycles. The number of benzene rings is 1. The third-order valence-electron chi connectivity index (χ3n) is 6.62. The van der Waals surface area contributed by atoms with E-state index in [0.717, 1.165) is 44.0 Å². The van der Waals surface area contributed by atoms with E-state index in [1.165, 1.54) is 23.8 Å². The molecule has 2 fully saturated rings. The Balaban J connectivity index is 0.00000289. The number of thiophene rings is 1. The average Bonchev–Trinajstić information content (AvgIpc) is 3.52. The Bertz CT molecular complexity index is 851. The zero-order valence-electron chi connectivity index (χ0n) is 18.7. The van der Waals surface area contributed by atoms with Crippen LogP contribution < -0.4 is 10.6 Å². The highest BCUT2D eigenvalue weighted by molar-refractivity contribution is 14.0. The Kier molecular flexibility index (Phi) is 9.76. The maximum absolute atomic E-state index is 14.0. The maximum atomic E-state index is 14.0. The zero-order chi connectivity index (χ0) is 21.5. The van der Waals surface area contributed by atoms with E-state index in [2.05, 4.69) is 38.0 Å². The summed E-state index contributed by atoms with van der Waals surface area (Å²) in [5.41, 5.74) is 0.882. The molecule has 2 N–H and O–H groups in total. The van der Waals surface area contributed by atoms with E-state index in [1.54, 1.807) is 12.1 Å². The Morgan fingerprint density at radius 1 is 1.19 bits per heavy atom. The summed E-state index contributed by atoms with van der Waals surface area (Å²) in [6, 6.07) is 11.7. The van der Waals surface area contributed by atoms with Gasteiger partial charge in [-0.3, -0.25) is 9.89 Å². The lowest BCUT2D eigenvalue weighted by atomic mass is 9.74. The second kappa shape index (κ2) is 12.3. The molecule has 0 amide bonds. The summed E-state index contributed by atoms with van der Waals surface area (Å²) in [4.78, 5) is 8.43. The molecule has 2 aromatic rings. The first-order valence-corrected chi connectivity index (χ1v) is 12.1. The van der Waals surface area contributed by atoms with Crippen LogP contribution in [0.15, 0.2) is 46.8 Å². The molecule has 1 aromatic carbocycles. The minimum Gasteiger partial charge on any atom is -0.381 e. The molecule has 0 aliphatic carbocycles. The van der Waals surface area contributed by atoms with Gasteiger partial charge in [0.2, 0.25) is 0 Å². The predicted octanol–water partition coefficient (Wildman–Crippen LogP) is 4.56. The summed E-state index contributed by atoms with van der Waals surface area (Å²) in [7, 11) is 1.81. The van der Waals surface area contributed by atoms with Crippen LogP contribution in [0.3, 0.4) is 0 Å². The van der Waals surface area contributed by atoms with Gasteiger partial charge in [0, 0.05) is 43.6 Å². The lowest BCUT2D eigenvalue weighted by molar-refractivity contribution is 0.0512. The van der Waals surface area contributed by atoms with Crippen molar-refractivity contribution in [2.24, 2.45) is 4.99 Å². The lowest BCUT2D eigenvalue weighted by Gasteiger charge is -2.38. The molecule has 32 heavy (non-hydrogen) atoms. The number of halogens is 2. The van der Waals surface area contributed by atoms with Gasteiger partial charge in [-0.1, -0.05) is 18.2 Å². The van der Waals surface area contributed by atoms with Gasteiger partial charge >= 0.3 is 0 Å². The van der Waals surface area contributed by atoms with Crippen LogP contribution in [0.1, 0.15) is 42.2 Å². The molecule has 8 heteroatoms. The van der Waals surface area contributed by atoms with E-state index < -0.39 is 0 Å². The molecule has 4 rings (SSSR count). The fourth-order valence-electron chi connectivity index (χ4n) is 4.76. The lowest BCUT2D eigenvalue weighted by Crippen LogP contribution is -2.49. The van der Waals surface area contributed by atoms with Crippen LogP contribution >= 0.6 is 35.3 Å². The van der Waals surface area contributed by atoms with Crippen molar-refractivity contribution in [2.75, 3.05) is 46.4 Å². The van der Waals surface area contributed by atoms with Crippen molar-refractivity contribution in [3.8, 4) is 0 Å². The second-order valence-electron chi connectivity index (χ2n) is 8.48. The molecular weight excluding hydrogens is 538 g/mol. The number of guanidine groups is 1. The van der Waals surface area contributed by atoms with Gasteiger partial charge in [0.25, 0.3) is 0 Å². The highest BCUT2D eigenvalue weighted by atomic mass is 127. The third kappa shape index (κ3) is 6.21. The summed E-state index contributed by atoms with van der Waals surface area (Å²) in [6.07, 6.45) is 4.28. The van der Waals surface area contributed by atoms with Crippen LogP contribution in [0, 0.1) is 5.82 Å². The number of nitrogens with zero attached hydrogens (tertiary/aromatic N) is 2. The molecule has 1 atom stereocenters. The SMILES string of the molecule is CN=C(NCC(c1cccs1)N1CCCC1)NCC1(c2cccc(F)c2)CCOCC1.I. The summed E-state index contributed by atoms with van der Waals surface area (Å²) < 4.78 is 19.6. The van der Waals surface area contributed by atoms with E-state index in [9.17, 15) is 4.39 Å². The van der Waals surface area contributed by atoms with Gasteiger partial charge in [-0.2, -0.15) is 0 Å². The number of nitrogens with one attached hydrogen (secondary N) is 2. The third-order valence-corrected chi connectivity index (χ3v) is 7.59. The molecular formula is C24H34FIN4OS. The molecule has 176 valence electrons. The smallest absolute Gasteiger partial charge is 0.191 e. The summed E-state index contributed by atoms with van der Waals surface area (Å²) in [5, 5.41) is 9.24. The monoisotopic (exact) mass is 572 g/mol. The largest absolute Gasteiger partial charge is 0.381 e. The Labute approximate surface area is 211 Å². The number of rotatable bonds is 7. The first kappa shape index (κ1) is 25.4. The van der Waals surface area contributed by atoms with Crippen LogP contribution in [0.5, 0.6) is 0 Å². The highest BCUT2D eigenvalue weighted by Gasteiger charge is 2.35. The molecule has 3 heterocycles. The molecule has 0 spiro atoms. The van der Waals surface area contributed by atoms with Crippen LogP contribution in [0.2, 0.25) is 0 Å². The van der Waals surface area contributed by atoms with E-state index >= 15 is 0 Å². The molecule has 2 saturated heterocycles. The normalized spacial score (nSPS) is 19.9. The zero-order valence-corrected chi connectivity index (χ0v) is 21.8. The van der Waals surface area contributed by atoms with Gasteiger partial charge in [0.1, 0.15) is 5.82 Å². The molecule has 0 radical (unpaired) electrons. The topological polar surface area (TPSA) is 48.9 Å². The number of hydrogen-bond donors (Lipinski definition) is 2. The minimum absolute atomic E-state index is 0. The van der Waals surface area contributed by atoms with Crippen molar-refractivity contribution < 1.29 is 9.13 Å². The fraction of sp³-hybridized carbons (Fsp3) is 0.542. The van der Waals surface area contributed by atoms with Gasteiger partial charge in [0.15, 0.2) is 5.96 Å². The second-order valence-corrected chi connectivity index (χ2v) is 9.46. The Hall–Kier alpha value is -1.23. The Morgan fingerprint density at radius 3 is 2.62 bits per heavy atom. The predicted molar refractivity (Wildman–Crippen MR) is 141 cm³/mol. The van der Waals surface area contributed by atoms with Crippen molar-refractivity contribution in [3.63, 3.8) is 0 Å². The van der Waals surface area contributed by atoms with Crippen LogP contribution in [0.25, 0.3) is 0 Å². The van der Waals surface area contributed by atoms with Crippen LogP contribution in [-0.2, 0) is 10.2 Å². The molecule has 0 saturated carbocycles. The number of ether oxygens (including phenoxy) is 1. The summed E-state index contributed by atoms with van der Waals surface area (Å²) in [6.45, 7) is 5.21. The number of hydrogen-bond acceptors (Lipinski definition) is 4. The van der Waals surface area contributed by atoms with E-state index in [4.69, 9.17) is 4.74 Å². The maximum Gasteiger partial charge on any atom is 0.191 e. The van der Waals surface area contributed by atoms with Crippen molar-refractivity contribution in [1.29, 1.82) is 0 Å². The van der Waals surface area contributed by atoms with Gasteiger partial charge in [-0.25, -0.2) is 4.39 Å². The number of likely N-dealkylation sites (tertiary alicyclic amines) is 1. The minimum atomic E-state index is -0.185. The van der Waals surface area contributed by atoms with E-state index in [0.29, 0.717) is 25.8 Å². The van der Waals surface area contributed by atoms with E-state index in [-0.39, 0.29) is 35.2 Å². The average molecular weight is 573 g/mol. The summed E-state index contributed by atoms with van der Waals surface area (Å²) >= 11 is 1.82. The Morgan fingerprint density at radius 2 is 1.97 bits per heavy atom. The number of aliphatic imine (C=N–C) groups is 1. The standard InChI is InChI=1S/C24H33FN4OS.HI/c1-26-23(27-17-21(22-8-5-15-31-22)29-11-2-3-12-29)28-18-24(9-13-30-14-10-24)19-6-4-7-20(25)16-19;/h4-8,15-16,21H,2-3,9-14,17-18H2,1H3,(H2,26,27,28);1H. The van der Waals surface area contributed by atoms with Crippen LogP contribution in [0.4, 0.5) is 4.39 Å². The van der Waals surface area contributed by atoms with Gasteiger partial charge in [-0.05, 0) is 67.9 Å². The van der Waals surface area contributed by atoms with Crippen molar-refractivity contribution >= 4 is 41.3 Å². The quantitative estimate of drug-likeness (QED) is 0.291. The van der Waals surface area contributed by atoms with Crippen molar-refractivity contribution in [3.05, 3.63) is 58.0 Å². The molecule has 1 unspecified atom stereocenters. The van der Waals surface area contributed by atoms with Crippen LogP contribution in [-0.4, -0.2) is 57.3 Å². The molecule has 5 nitrogen and oxygen atoms in total. The first-order valence-electron chi connectivity index (χ1n) is 11.3. The highest BCUT2D eigenvalue weighted by Crippen LogP contribution is 2.34. The fourth-order valence-corrected chi connectivity index (χ4v) is 5.62. The van der Waals surface area contributed by atoms with Crippen molar-refractivity contribution in [1.82, 2.24) is 15.5 Å². The summed E-state index contributed by atoms with van der Waals surface area (Å²) in [5.74, 6) is 0.610. The molecule has 2 aliphatic rings. The van der Waals surface area contributed by atoms with Gasteiger partial charge in [-0.15, -0.1) is 35.3 Å². The first-order chi connectivity index (χ1) is 15.2. The van der Waals surface area contributed by atoms with Gasteiger partial charge in [0.05, 0.1) is 6.04 Å². The molecule has 0 bridgehead atoms. The molecule has 1 aromatic heterocycles.